The van der Waals surface area contributed by atoms with Crippen LogP contribution in [0.4, 0.5) is 0 Å². The normalized spacial score (nSPS) is 42.9. The molecule has 2 aliphatic heterocycles. The monoisotopic (exact) mass is 202 g/mol. The van der Waals surface area contributed by atoms with Gasteiger partial charge < -0.3 is 19.3 Å². The van der Waals surface area contributed by atoms with Gasteiger partial charge in [0.2, 0.25) is 0 Å². The van der Waals surface area contributed by atoms with Gasteiger partial charge in [-0.25, -0.2) is 0 Å². The highest BCUT2D eigenvalue weighted by atomic mass is 16.6. The minimum Gasteiger partial charge on any atom is -0.388 e. The molecule has 0 radical (unpaired) electrons. The van der Waals surface area contributed by atoms with Crippen LogP contribution < -0.4 is 0 Å². The Morgan fingerprint density at radius 3 is 2.43 bits per heavy atom. The number of rotatable bonds is 1. The fraction of sp³-hybridized carbons (Fsp3) is 1.00. The number of hydrogen-bond acceptors (Lipinski definition) is 4. The SMILES string of the molecule is CC(C)(C)OC1CO[C@@H]2C(O)CO[C@H]12. The number of fused-ring (bicyclic) bond motifs is 1. The van der Waals surface area contributed by atoms with Crippen molar-refractivity contribution in [1.29, 1.82) is 0 Å². The zero-order chi connectivity index (χ0) is 10.3. The number of aliphatic hydroxyl groups is 1. The zero-order valence-electron chi connectivity index (χ0n) is 8.90. The summed E-state index contributed by atoms with van der Waals surface area (Å²) in [6, 6.07) is 0. The Bertz CT molecular complexity index is 211. The lowest BCUT2D eigenvalue weighted by Gasteiger charge is -2.26. The summed E-state index contributed by atoms with van der Waals surface area (Å²) in [5, 5.41) is 9.51. The van der Waals surface area contributed by atoms with Gasteiger partial charge in [-0.2, -0.15) is 0 Å². The first-order chi connectivity index (χ1) is 6.47. The molecule has 2 unspecified atom stereocenters. The summed E-state index contributed by atoms with van der Waals surface area (Å²) in [7, 11) is 0. The third kappa shape index (κ3) is 1.93. The lowest BCUT2D eigenvalue weighted by atomic mass is 10.1. The van der Waals surface area contributed by atoms with Crippen molar-refractivity contribution >= 4 is 0 Å². The van der Waals surface area contributed by atoms with E-state index in [1.165, 1.54) is 0 Å². The second-order valence-electron chi connectivity index (χ2n) is 4.93. The summed E-state index contributed by atoms with van der Waals surface area (Å²) in [4.78, 5) is 0. The second kappa shape index (κ2) is 3.45. The lowest BCUT2D eigenvalue weighted by Crippen LogP contribution is -2.37. The van der Waals surface area contributed by atoms with Gasteiger partial charge in [-0.3, -0.25) is 0 Å². The third-order valence-corrected chi connectivity index (χ3v) is 2.49. The van der Waals surface area contributed by atoms with E-state index in [1.807, 2.05) is 20.8 Å². The molecule has 2 aliphatic rings. The molecule has 2 fully saturated rings. The first kappa shape index (κ1) is 10.4. The first-order valence-electron chi connectivity index (χ1n) is 5.06. The number of ether oxygens (including phenoxy) is 3. The van der Waals surface area contributed by atoms with Gasteiger partial charge >= 0.3 is 0 Å². The van der Waals surface area contributed by atoms with Crippen LogP contribution in [0.1, 0.15) is 20.8 Å². The number of hydrogen-bond donors (Lipinski definition) is 1. The standard InChI is InChI=1S/C10H18O4/c1-10(2,3)14-7-5-13-8-6(11)4-12-9(7)8/h6-9,11H,4-5H2,1-3H3/t6?,7?,8-,9-/m1/s1. The topological polar surface area (TPSA) is 47.9 Å². The average Bonchev–Trinajstić information content (AvgIpc) is 2.55. The van der Waals surface area contributed by atoms with E-state index in [0.29, 0.717) is 13.2 Å². The van der Waals surface area contributed by atoms with Crippen LogP contribution in [0.25, 0.3) is 0 Å². The Labute approximate surface area is 84.1 Å². The number of aliphatic hydroxyl groups excluding tert-OH is 1. The van der Waals surface area contributed by atoms with Gasteiger partial charge in [-0.1, -0.05) is 0 Å². The van der Waals surface area contributed by atoms with Gasteiger partial charge in [0.25, 0.3) is 0 Å². The molecule has 4 nitrogen and oxygen atoms in total. The van der Waals surface area contributed by atoms with Crippen LogP contribution in [-0.2, 0) is 14.2 Å². The maximum atomic E-state index is 9.51. The van der Waals surface area contributed by atoms with Gasteiger partial charge in [0.05, 0.1) is 18.8 Å². The molecule has 14 heavy (non-hydrogen) atoms. The van der Waals surface area contributed by atoms with Gasteiger partial charge in [0, 0.05) is 0 Å². The van der Waals surface area contributed by atoms with E-state index in [4.69, 9.17) is 14.2 Å². The van der Waals surface area contributed by atoms with Crippen molar-refractivity contribution in [1.82, 2.24) is 0 Å². The zero-order valence-corrected chi connectivity index (χ0v) is 8.90. The maximum Gasteiger partial charge on any atom is 0.115 e. The minimum atomic E-state index is -0.492. The van der Waals surface area contributed by atoms with Crippen LogP contribution in [0, 0.1) is 0 Å². The van der Waals surface area contributed by atoms with E-state index in [2.05, 4.69) is 0 Å². The molecule has 0 aromatic heterocycles. The lowest BCUT2D eigenvalue weighted by molar-refractivity contribution is -0.104. The molecule has 0 saturated carbocycles. The van der Waals surface area contributed by atoms with Crippen LogP contribution in [0.3, 0.4) is 0 Å². The molecule has 0 bridgehead atoms. The smallest absolute Gasteiger partial charge is 0.115 e. The van der Waals surface area contributed by atoms with Crippen LogP contribution in [0.5, 0.6) is 0 Å². The molecule has 4 heteroatoms. The molecule has 2 saturated heterocycles. The summed E-state index contributed by atoms with van der Waals surface area (Å²) in [6.07, 6.45) is -0.822. The van der Waals surface area contributed by atoms with Gasteiger partial charge in [-0.05, 0) is 20.8 Å². The molecule has 0 aliphatic carbocycles. The van der Waals surface area contributed by atoms with Crippen molar-refractivity contribution in [3.05, 3.63) is 0 Å². The fourth-order valence-corrected chi connectivity index (χ4v) is 2.00. The van der Waals surface area contributed by atoms with Crippen molar-refractivity contribution in [3.8, 4) is 0 Å². The predicted molar refractivity (Wildman–Crippen MR) is 50.1 cm³/mol. The van der Waals surface area contributed by atoms with Crippen LogP contribution in [0.15, 0.2) is 0 Å². The molecule has 4 atom stereocenters. The summed E-state index contributed by atoms with van der Waals surface area (Å²) in [6.45, 7) is 6.89. The Morgan fingerprint density at radius 1 is 1.14 bits per heavy atom. The largest absolute Gasteiger partial charge is 0.388 e. The Kier molecular flexibility index (Phi) is 2.55. The second-order valence-corrected chi connectivity index (χ2v) is 4.93. The van der Waals surface area contributed by atoms with Gasteiger partial charge in [-0.15, -0.1) is 0 Å². The molecule has 2 rings (SSSR count). The predicted octanol–water partition coefficient (Wildman–Crippen LogP) is 0.329. The molecule has 0 aromatic carbocycles. The minimum absolute atomic E-state index is 0.0443. The van der Waals surface area contributed by atoms with E-state index in [9.17, 15) is 5.11 Å². The van der Waals surface area contributed by atoms with Crippen molar-refractivity contribution in [2.45, 2.75) is 50.8 Å². The van der Waals surface area contributed by atoms with Crippen LogP contribution in [0.2, 0.25) is 0 Å². The van der Waals surface area contributed by atoms with E-state index in [0.717, 1.165) is 0 Å². The molecule has 82 valence electrons. The van der Waals surface area contributed by atoms with Gasteiger partial charge in [0.15, 0.2) is 0 Å². The van der Waals surface area contributed by atoms with Crippen LogP contribution >= 0.6 is 0 Å². The quantitative estimate of drug-likeness (QED) is 0.665. The fourth-order valence-electron chi connectivity index (χ4n) is 2.00. The van der Waals surface area contributed by atoms with E-state index in [-0.39, 0.29) is 23.9 Å². The molecule has 1 N–H and O–H groups in total. The molecular weight excluding hydrogens is 184 g/mol. The van der Waals surface area contributed by atoms with Crippen molar-refractivity contribution < 1.29 is 19.3 Å². The van der Waals surface area contributed by atoms with E-state index in [1.54, 1.807) is 0 Å². The third-order valence-electron chi connectivity index (χ3n) is 2.49. The first-order valence-corrected chi connectivity index (χ1v) is 5.06. The average molecular weight is 202 g/mol. The molecule has 2 heterocycles. The Hall–Kier alpha value is -0.160. The van der Waals surface area contributed by atoms with Crippen molar-refractivity contribution in [2.75, 3.05) is 13.2 Å². The highest BCUT2D eigenvalue weighted by molar-refractivity contribution is 4.95. The van der Waals surface area contributed by atoms with Crippen LogP contribution in [-0.4, -0.2) is 48.3 Å². The maximum absolute atomic E-state index is 9.51. The van der Waals surface area contributed by atoms with Crippen molar-refractivity contribution in [2.24, 2.45) is 0 Å². The molecular formula is C10H18O4. The molecule has 0 amide bonds. The Morgan fingerprint density at radius 2 is 1.79 bits per heavy atom. The summed E-state index contributed by atoms with van der Waals surface area (Å²) >= 11 is 0. The Balaban J connectivity index is 1.97. The van der Waals surface area contributed by atoms with Crippen molar-refractivity contribution in [3.63, 3.8) is 0 Å². The highest BCUT2D eigenvalue weighted by Gasteiger charge is 2.48. The summed E-state index contributed by atoms with van der Waals surface area (Å²) in [5.74, 6) is 0. The van der Waals surface area contributed by atoms with E-state index >= 15 is 0 Å². The molecule has 0 spiro atoms. The molecule has 0 aromatic rings. The van der Waals surface area contributed by atoms with Gasteiger partial charge in [0.1, 0.15) is 24.4 Å². The summed E-state index contributed by atoms with van der Waals surface area (Å²) in [5.41, 5.74) is -0.195. The van der Waals surface area contributed by atoms with E-state index < -0.39 is 6.10 Å². The highest BCUT2D eigenvalue weighted by Crippen LogP contribution is 2.30. The summed E-state index contributed by atoms with van der Waals surface area (Å²) < 4.78 is 16.7.